The van der Waals surface area contributed by atoms with E-state index in [2.05, 4.69) is 4.72 Å². The number of methoxy groups -OCH3 is 1. The third kappa shape index (κ3) is 4.72. The van der Waals surface area contributed by atoms with Crippen LogP contribution >= 0.6 is 11.3 Å². The molecule has 1 aromatic heterocycles. The van der Waals surface area contributed by atoms with E-state index >= 15 is 0 Å². The molecule has 0 aliphatic carbocycles. The fourth-order valence-electron chi connectivity index (χ4n) is 2.96. The van der Waals surface area contributed by atoms with Gasteiger partial charge in [-0.15, -0.1) is 11.3 Å². The number of hydrogen-bond donors (Lipinski definition) is 1. The lowest BCUT2D eigenvalue weighted by atomic mass is 10.1. The second-order valence-corrected chi connectivity index (χ2v) is 11.5. The Morgan fingerprint density at radius 2 is 1.77 bits per heavy atom. The summed E-state index contributed by atoms with van der Waals surface area (Å²) in [6.07, 6.45) is 0. The lowest BCUT2D eigenvalue weighted by Gasteiger charge is -2.19. The molecule has 6 nitrogen and oxygen atoms in total. The Morgan fingerprint density at radius 1 is 1.07 bits per heavy atom. The molecule has 0 radical (unpaired) electrons. The van der Waals surface area contributed by atoms with Crippen LogP contribution in [0.25, 0.3) is 0 Å². The Bertz CT molecular complexity index is 1220. The van der Waals surface area contributed by atoms with Crippen LogP contribution in [-0.2, 0) is 19.9 Å². The van der Waals surface area contributed by atoms with E-state index in [1.807, 2.05) is 0 Å². The summed E-state index contributed by atoms with van der Waals surface area (Å²) in [5, 5.41) is 0.407. The normalized spacial score (nSPS) is 13.2. The van der Waals surface area contributed by atoms with Gasteiger partial charge in [0.1, 0.15) is 21.0 Å². The Kier molecular flexibility index (Phi) is 6.61. The van der Waals surface area contributed by atoms with Crippen LogP contribution in [0.3, 0.4) is 0 Å². The molecule has 0 saturated carbocycles. The van der Waals surface area contributed by atoms with Gasteiger partial charge in [-0.05, 0) is 59.8 Å². The lowest BCUT2D eigenvalue weighted by Crippen LogP contribution is -2.32. The van der Waals surface area contributed by atoms with Crippen LogP contribution < -0.4 is 9.46 Å². The molecule has 0 saturated heterocycles. The fraction of sp³-hybridized carbons (Fsp3) is 0.200. The van der Waals surface area contributed by atoms with E-state index in [0.29, 0.717) is 16.9 Å². The average Bonchev–Trinajstić information content (AvgIpc) is 3.24. The smallest absolute Gasteiger partial charge is 0.240 e. The monoisotopic (exact) mass is 469 g/mol. The van der Waals surface area contributed by atoms with E-state index in [1.54, 1.807) is 24.4 Å². The molecule has 0 amide bonds. The maximum absolute atomic E-state index is 13.4. The predicted molar refractivity (Wildman–Crippen MR) is 114 cm³/mol. The van der Waals surface area contributed by atoms with Crippen molar-refractivity contribution in [2.24, 2.45) is 0 Å². The van der Waals surface area contributed by atoms with Crippen LogP contribution in [0.4, 0.5) is 4.39 Å². The van der Waals surface area contributed by atoms with Crippen LogP contribution in [0.5, 0.6) is 5.75 Å². The number of rotatable bonds is 8. The van der Waals surface area contributed by atoms with Gasteiger partial charge in [0.25, 0.3) is 0 Å². The van der Waals surface area contributed by atoms with Gasteiger partial charge in [-0.2, -0.15) is 0 Å². The third-order valence-corrected chi connectivity index (χ3v) is 9.64. The second-order valence-electron chi connectivity index (χ2n) is 6.50. The second kappa shape index (κ2) is 8.84. The van der Waals surface area contributed by atoms with Crippen molar-refractivity contribution in [1.82, 2.24) is 4.72 Å². The highest BCUT2D eigenvalue weighted by Gasteiger charge is 2.32. The summed E-state index contributed by atoms with van der Waals surface area (Å²) in [5.74, 6) is -0.00336. The third-order valence-electron chi connectivity index (χ3n) is 4.52. The summed E-state index contributed by atoms with van der Waals surface area (Å²) in [7, 11) is -6.42. The van der Waals surface area contributed by atoms with Crippen LogP contribution in [0.15, 0.2) is 69.1 Å². The topological polar surface area (TPSA) is 89.5 Å². The van der Waals surface area contributed by atoms with E-state index in [-0.39, 0.29) is 9.10 Å². The highest BCUT2D eigenvalue weighted by molar-refractivity contribution is 7.93. The first-order chi connectivity index (χ1) is 14.1. The molecule has 0 unspecified atom stereocenters. The molecule has 1 heterocycles. The molecule has 0 bridgehead atoms. The molecule has 3 aromatic rings. The minimum atomic E-state index is -4.00. The van der Waals surface area contributed by atoms with Gasteiger partial charge in [0.2, 0.25) is 10.0 Å². The molecule has 160 valence electrons. The molecule has 30 heavy (non-hydrogen) atoms. The van der Waals surface area contributed by atoms with Gasteiger partial charge in [-0.25, -0.2) is 25.9 Å². The standard InChI is InChI=1S/C20H20FNO5S3/c1-14-12-17(27-2)9-10-18(14)30(25,26)22-13-19(15-5-7-16(21)8-6-15)29(23,24)20-4-3-11-28-20/h3-12,19,22H,13H2,1-2H3/t19-/m1/s1. The Morgan fingerprint density at radius 3 is 2.33 bits per heavy atom. The Labute approximate surface area is 179 Å². The highest BCUT2D eigenvalue weighted by Crippen LogP contribution is 2.32. The van der Waals surface area contributed by atoms with Gasteiger partial charge in [0, 0.05) is 6.54 Å². The predicted octanol–water partition coefficient (Wildman–Crippen LogP) is 3.70. The molecule has 1 atom stereocenters. The van der Waals surface area contributed by atoms with Crippen molar-refractivity contribution in [3.8, 4) is 5.75 Å². The first-order valence-corrected chi connectivity index (χ1v) is 12.7. The molecular formula is C20H20FNO5S3. The number of thiophene rings is 1. The first kappa shape index (κ1) is 22.4. The van der Waals surface area contributed by atoms with E-state index in [1.165, 1.54) is 37.4 Å². The molecule has 1 N–H and O–H groups in total. The van der Waals surface area contributed by atoms with Crippen molar-refractivity contribution in [3.05, 3.63) is 76.9 Å². The first-order valence-electron chi connectivity index (χ1n) is 8.82. The van der Waals surface area contributed by atoms with Gasteiger partial charge in [-0.3, -0.25) is 0 Å². The molecular weight excluding hydrogens is 449 g/mol. The minimum absolute atomic E-state index is 0.0228. The zero-order chi connectivity index (χ0) is 21.9. The lowest BCUT2D eigenvalue weighted by molar-refractivity contribution is 0.414. The zero-order valence-electron chi connectivity index (χ0n) is 16.2. The number of aryl methyl sites for hydroxylation is 1. The number of hydrogen-bond acceptors (Lipinski definition) is 6. The van der Waals surface area contributed by atoms with Crippen LogP contribution in [-0.4, -0.2) is 30.5 Å². The van der Waals surface area contributed by atoms with Gasteiger partial charge in [-0.1, -0.05) is 18.2 Å². The maximum atomic E-state index is 13.4. The molecule has 2 aromatic carbocycles. The molecule has 0 spiro atoms. The maximum Gasteiger partial charge on any atom is 0.240 e. The van der Waals surface area contributed by atoms with Crippen molar-refractivity contribution in [2.75, 3.05) is 13.7 Å². The SMILES string of the molecule is COc1ccc(S(=O)(=O)NC[C@H](c2ccc(F)cc2)S(=O)(=O)c2cccs2)c(C)c1. The van der Waals surface area contributed by atoms with Crippen LogP contribution in [0.1, 0.15) is 16.4 Å². The zero-order valence-corrected chi connectivity index (χ0v) is 18.7. The number of halogens is 1. The summed E-state index contributed by atoms with van der Waals surface area (Å²) in [6, 6.07) is 12.5. The van der Waals surface area contributed by atoms with Crippen LogP contribution in [0, 0.1) is 12.7 Å². The quantitative estimate of drug-likeness (QED) is 0.543. The van der Waals surface area contributed by atoms with Crippen molar-refractivity contribution in [3.63, 3.8) is 0 Å². The van der Waals surface area contributed by atoms with Crippen molar-refractivity contribution in [1.29, 1.82) is 0 Å². The highest BCUT2D eigenvalue weighted by atomic mass is 32.2. The minimum Gasteiger partial charge on any atom is -0.497 e. The molecule has 3 rings (SSSR count). The Balaban J connectivity index is 1.95. The molecule has 10 heteroatoms. The van der Waals surface area contributed by atoms with Gasteiger partial charge in [0.05, 0.1) is 12.0 Å². The van der Waals surface area contributed by atoms with Crippen molar-refractivity contribution in [2.45, 2.75) is 21.3 Å². The summed E-state index contributed by atoms with van der Waals surface area (Å²) in [5.41, 5.74) is 0.750. The van der Waals surface area contributed by atoms with Crippen molar-refractivity contribution < 1.29 is 26.0 Å². The van der Waals surface area contributed by atoms with Crippen LogP contribution in [0.2, 0.25) is 0 Å². The van der Waals surface area contributed by atoms with E-state index in [4.69, 9.17) is 4.74 Å². The molecule has 0 aliphatic rings. The van der Waals surface area contributed by atoms with Crippen molar-refractivity contribution >= 4 is 31.2 Å². The summed E-state index contributed by atoms with van der Waals surface area (Å²) >= 11 is 1.04. The fourth-order valence-corrected chi connectivity index (χ4v) is 7.21. The summed E-state index contributed by atoms with van der Waals surface area (Å²) < 4.78 is 72.9. The van der Waals surface area contributed by atoms with Gasteiger partial charge >= 0.3 is 0 Å². The Hall–Kier alpha value is -2.27. The molecule has 0 aliphatic heterocycles. The number of benzene rings is 2. The van der Waals surface area contributed by atoms with E-state index < -0.39 is 37.5 Å². The number of sulfonamides is 1. The summed E-state index contributed by atoms with van der Waals surface area (Å²) in [4.78, 5) is 0.0228. The van der Waals surface area contributed by atoms with E-state index in [9.17, 15) is 21.2 Å². The number of nitrogens with one attached hydrogen (secondary N) is 1. The number of ether oxygens (including phenoxy) is 1. The summed E-state index contributed by atoms with van der Waals surface area (Å²) in [6.45, 7) is 1.22. The molecule has 0 fully saturated rings. The largest absolute Gasteiger partial charge is 0.497 e. The van der Waals surface area contributed by atoms with Gasteiger partial charge in [0.15, 0.2) is 9.84 Å². The van der Waals surface area contributed by atoms with Gasteiger partial charge < -0.3 is 4.74 Å². The van der Waals surface area contributed by atoms with E-state index in [0.717, 1.165) is 23.5 Å². The average molecular weight is 470 g/mol. The number of sulfone groups is 1.